The molecule has 0 aliphatic carbocycles. The number of nitrogens with zero attached hydrogens (tertiary/aromatic N) is 1. The van der Waals surface area contributed by atoms with Crippen molar-refractivity contribution in [2.75, 3.05) is 6.54 Å². The van der Waals surface area contributed by atoms with E-state index in [0.717, 1.165) is 4.90 Å². The monoisotopic (exact) mass is 323 g/mol. The lowest BCUT2D eigenvalue weighted by atomic mass is 10.1. The lowest BCUT2D eigenvalue weighted by molar-refractivity contribution is -0.384. The number of nitrogens with one attached hydrogen (secondary N) is 2. The van der Waals surface area contributed by atoms with Crippen LogP contribution in [0.3, 0.4) is 0 Å². The number of benzene rings is 1. The molecule has 2 atom stereocenters. The molecular weight excluding hydrogens is 306 g/mol. The molecule has 2 rings (SSSR count). The van der Waals surface area contributed by atoms with E-state index in [9.17, 15) is 19.7 Å². The third kappa shape index (κ3) is 4.45. The Morgan fingerprint density at radius 2 is 2.14 bits per heavy atom. The molecule has 22 heavy (non-hydrogen) atoms. The molecule has 0 radical (unpaired) electrons. The summed E-state index contributed by atoms with van der Waals surface area (Å²) in [4.78, 5) is 34.1. The zero-order valence-electron chi connectivity index (χ0n) is 12.1. The van der Waals surface area contributed by atoms with Crippen LogP contribution in [-0.2, 0) is 9.59 Å². The summed E-state index contributed by atoms with van der Waals surface area (Å²) in [7, 11) is 0. The molecule has 1 heterocycles. The van der Waals surface area contributed by atoms with Crippen LogP contribution in [0.5, 0.6) is 0 Å². The van der Waals surface area contributed by atoms with Crippen molar-refractivity contribution in [3.8, 4) is 0 Å². The second kappa shape index (κ2) is 7.26. The number of nitro benzene ring substituents is 1. The number of hydrogen-bond acceptors (Lipinski definition) is 5. The Labute approximate surface area is 132 Å². The van der Waals surface area contributed by atoms with Crippen molar-refractivity contribution < 1.29 is 14.5 Å². The van der Waals surface area contributed by atoms with Crippen LogP contribution in [-0.4, -0.2) is 34.6 Å². The minimum atomic E-state index is -0.456. The first-order valence-electron chi connectivity index (χ1n) is 6.94. The summed E-state index contributed by atoms with van der Waals surface area (Å²) in [5.74, 6) is -0.0942. The maximum atomic E-state index is 12.1. The number of piperidine rings is 1. The minimum absolute atomic E-state index is 0.0128. The van der Waals surface area contributed by atoms with Gasteiger partial charge < -0.3 is 10.6 Å². The number of rotatable bonds is 5. The Balaban J connectivity index is 1.85. The average molecular weight is 323 g/mol. The number of thioether (sulfide) groups is 1. The van der Waals surface area contributed by atoms with Crippen LogP contribution in [0.2, 0.25) is 0 Å². The van der Waals surface area contributed by atoms with Crippen LogP contribution in [0.25, 0.3) is 0 Å². The van der Waals surface area contributed by atoms with Gasteiger partial charge in [0.2, 0.25) is 11.8 Å². The summed E-state index contributed by atoms with van der Waals surface area (Å²) in [5, 5.41) is 15.9. The van der Waals surface area contributed by atoms with Gasteiger partial charge in [0.15, 0.2) is 0 Å². The van der Waals surface area contributed by atoms with Gasteiger partial charge in [-0.05, 0) is 25.5 Å². The van der Waals surface area contributed by atoms with Gasteiger partial charge in [-0.3, -0.25) is 19.7 Å². The van der Waals surface area contributed by atoms with Crippen molar-refractivity contribution in [1.82, 2.24) is 10.6 Å². The number of carbonyl (C=O) groups is 2. The molecule has 1 aliphatic heterocycles. The maximum absolute atomic E-state index is 12.1. The quantitative estimate of drug-likeness (QED) is 0.485. The molecule has 0 bridgehead atoms. The van der Waals surface area contributed by atoms with Crippen molar-refractivity contribution in [1.29, 1.82) is 0 Å². The lowest BCUT2D eigenvalue weighted by Gasteiger charge is -2.24. The van der Waals surface area contributed by atoms with Crippen LogP contribution in [0.15, 0.2) is 29.2 Å². The van der Waals surface area contributed by atoms with Gasteiger partial charge in [-0.15, -0.1) is 11.8 Å². The molecule has 118 valence electrons. The molecule has 1 aliphatic rings. The zero-order chi connectivity index (χ0) is 16.1. The van der Waals surface area contributed by atoms with Crippen LogP contribution in [0.4, 0.5) is 5.69 Å². The first-order chi connectivity index (χ1) is 10.5. The van der Waals surface area contributed by atoms with Gasteiger partial charge in [0.1, 0.15) is 0 Å². The van der Waals surface area contributed by atoms with Crippen LogP contribution >= 0.6 is 11.8 Å². The van der Waals surface area contributed by atoms with Gasteiger partial charge in [0.05, 0.1) is 10.2 Å². The summed E-state index contributed by atoms with van der Waals surface area (Å²) >= 11 is 1.34. The highest BCUT2D eigenvalue weighted by molar-refractivity contribution is 8.00. The molecular formula is C14H17N3O4S. The highest BCUT2D eigenvalue weighted by Gasteiger charge is 2.22. The summed E-state index contributed by atoms with van der Waals surface area (Å²) in [6, 6.07) is 6.07. The SMILES string of the molecule is C[C@@H](Sc1ccc([N+](=O)[O-])cc1)C(=O)N[C@H]1CCC(=O)NC1. The molecule has 7 nitrogen and oxygen atoms in total. The molecule has 0 aromatic heterocycles. The van der Waals surface area contributed by atoms with E-state index in [1.807, 2.05) is 0 Å². The van der Waals surface area contributed by atoms with Gasteiger partial charge in [-0.2, -0.15) is 0 Å². The summed E-state index contributed by atoms with van der Waals surface area (Å²) in [6.07, 6.45) is 1.07. The largest absolute Gasteiger partial charge is 0.354 e. The highest BCUT2D eigenvalue weighted by Crippen LogP contribution is 2.25. The van der Waals surface area contributed by atoms with Crippen LogP contribution in [0.1, 0.15) is 19.8 Å². The normalized spacial score (nSPS) is 19.1. The lowest BCUT2D eigenvalue weighted by Crippen LogP contribution is -2.49. The van der Waals surface area contributed by atoms with E-state index < -0.39 is 4.92 Å². The predicted octanol–water partition coefficient (Wildman–Crippen LogP) is 1.47. The molecule has 1 fully saturated rings. The average Bonchev–Trinajstić information content (AvgIpc) is 2.50. The van der Waals surface area contributed by atoms with E-state index in [2.05, 4.69) is 10.6 Å². The van der Waals surface area contributed by atoms with E-state index in [1.54, 1.807) is 19.1 Å². The van der Waals surface area contributed by atoms with Gasteiger partial charge in [-0.25, -0.2) is 0 Å². The molecule has 0 saturated carbocycles. The highest BCUT2D eigenvalue weighted by atomic mass is 32.2. The Morgan fingerprint density at radius 3 is 2.68 bits per heavy atom. The second-order valence-electron chi connectivity index (χ2n) is 5.06. The molecule has 1 aromatic rings. The van der Waals surface area contributed by atoms with Gasteiger partial charge in [-0.1, -0.05) is 0 Å². The van der Waals surface area contributed by atoms with E-state index in [4.69, 9.17) is 0 Å². The Bertz CT molecular complexity index is 566. The van der Waals surface area contributed by atoms with Gasteiger partial charge in [0.25, 0.3) is 5.69 Å². The number of non-ortho nitro benzene ring substituents is 1. The standard InChI is InChI=1S/C14H17N3O4S/c1-9(14(19)16-10-2-7-13(18)15-8-10)22-12-5-3-11(4-6-12)17(20)21/h3-6,9-10H,2,7-8H2,1H3,(H,15,18)(H,16,19)/t9-,10+/m1/s1. The van der Waals surface area contributed by atoms with E-state index in [0.29, 0.717) is 19.4 Å². The van der Waals surface area contributed by atoms with Crippen LogP contribution in [0, 0.1) is 10.1 Å². The first kappa shape index (κ1) is 16.3. The zero-order valence-corrected chi connectivity index (χ0v) is 12.9. The molecule has 0 unspecified atom stereocenters. The van der Waals surface area contributed by atoms with Crippen molar-refractivity contribution in [2.45, 2.75) is 36.0 Å². The second-order valence-corrected chi connectivity index (χ2v) is 6.47. The van der Waals surface area contributed by atoms with Crippen molar-refractivity contribution in [3.05, 3.63) is 34.4 Å². The number of carbonyl (C=O) groups excluding carboxylic acids is 2. The Morgan fingerprint density at radius 1 is 1.45 bits per heavy atom. The fourth-order valence-electron chi connectivity index (χ4n) is 2.08. The summed E-state index contributed by atoms with van der Waals surface area (Å²) < 4.78 is 0. The fraction of sp³-hybridized carbons (Fsp3) is 0.429. The molecule has 1 saturated heterocycles. The number of hydrogen-bond donors (Lipinski definition) is 2. The van der Waals surface area contributed by atoms with Crippen molar-refractivity contribution >= 4 is 29.3 Å². The first-order valence-corrected chi connectivity index (χ1v) is 7.82. The van der Waals surface area contributed by atoms with E-state index in [1.165, 1.54) is 23.9 Å². The minimum Gasteiger partial charge on any atom is -0.354 e. The molecule has 1 aromatic carbocycles. The van der Waals surface area contributed by atoms with Crippen molar-refractivity contribution in [2.24, 2.45) is 0 Å². The van der Waals surface area contributed by atoms with E-state index in [-0.39, 0.29) is 28.8 Å². The van der Waals surface area contributed by atoms with Crippen molar-refractivity contribution in [3.63, 3.8) is 0 Å². The van der Waals surface area contributed by atoms with E-state index >= 15 is 0 Å². The number of nitro groups is 1. The molecule has 8 heteroatoms. The summed E-state index contributed by atoms with van der Waals surface area (Å²) in [6.45, 7) is 2.24. The number of amides is 2. The van der Waals surface area contributed by atoms with Gasteiger partial charge >= 0.3 is 0 Å². The topological polar surface area (TPSA) is 101 Å². The molecule has 2 N–H and O–H groups in total. The molecule has 0 spiro atoms. The fourth-order valence-corrected chi connectivity index (χ4v) is 2.96. The Hall–Kier alpha value is -2.09. The summed E-state index contributed by atoms with van der Waals surface area (Å²) in [5.41, 5.74) is 0.0272. The molecule has 2 amide bonds. The Kier molecular flexibility index (Phi) is 5.37. The maximum Gasteiger partial charge on any atom is 0.269 e. The third-order valence-corrected chi connectivity index (χ3v) is 4.45. The third-order valence-electron chi connectivity index (χ3n) is 3.34. The van der Waals surface area contributed by atoms with Gasteiger partial charge in [0, 0.05) is 36.0 Å². The smallest absolute Gasteiger partial charge is 0.269 e. The predicted molar refractivity (Wildman–Crippen MR) is 82.6 cm³/mol. The van der Waals surface area contributed by atoms with Crippen LogP contribution < -0.4 is 10.6 Å².